The Kier molecular flexibility index (Phi) is 5.28. The van der Waals surface area contributed by atoms with Crippen LogP contribution in [-0.4, -0.2) is 55.8 Å². The SMILES string of the molecule is CN(C)c1ccc(C(=O)NC(CS(=O)(=O)O)C(=O)O)cc1. The molecule has 0 heterocycles. The lowest BCUT2D eigenvalue weighted by atomic mass is 10.1. The molecule has 0 bridgehead atoms. The van der Waals surface area contributed by atoms with Crippen molar-refractivity contribution in [1.82, 2.24) is 5.32 Å². The summed E-state index contributed by atoms with van der Waals surface area (Å²) in [5, 5.41) is 10.9. The molecule has 0 aromatic heterocycles. The number of anilines is 1. The molecular formula is C12H16N2O6S. The number of nitrogens with one attached hydrogen (secondary N) is 1. The van der Waals surface area contributed by atoms with E-state index in [1.54, 1.807) is 12.1 Å². The van der Waals surface area contributed by atoms with Crippen LogP contribution < -0.4 is 10.2 Å². The molecule has 0 spiro atoms. The number of carboxylic acid groups (broad SMARTS) is 1. The van der Waals surface area contributed by atoms with E-state index in [1.807, 2.05) is 24.3 Å². The normalized spacial score (nSPS) is 12.5. The first kappa shape index (κ1) is 16.9. The third-order valence-corrected chi connectivity index (χ3v) is 3.38. The molecule has 0 aliphatic heterocycles. The number of nitrogens with zero attached hydrogens (tertiary/aromatic N) is 1. The Morgan fingerprint density at radius 1 is 1.24 bits per heavy atom. The number of rotatable bonds is 6. The van der Waals surface area contributed by atoms with Gasteiger partial charge in [0.1, 0.15) is 11.8 Å². The number of carboxylic acids is 1. The predicted octanol–water partition coefficient (Wildman–Crippen LogP) is -0.177. The molecule has 1 atom stereocenters. The molecule has 1 amide bonds. The Morgan fingerprint density at radius 3 is 2.14 bits per heavy atom. The minimum Gasteiger partial charge on any atom is -0.480 e. The minimum absolute atomic E-state index is 0.183. The third-order valence-electron chi connectivity index (χ3n) is 2.63. The van der Waals surface area contributed by atoms with Gasteiger partial charge in [-0.1, -0.05) is 0 Å². The minimum atomic E-state index is -4.52. The maximum atomic E-state index is 11.9. The zero-order valence-corrected chi connectivity index (χ0v) is 12.3. The van der Waals surface area contributed by atoms with Gasteiger partial charge in [0.25, 0.3) is 16.0 Å². The summed E-state index contributed by atoms with van der Waals surface area (Å²) in [5.41, 5.74) is 1.03. The number of aliphatic carboxylic acids is 1. The molecule has 3 N–H and O–H groups in total. The van der Waals surface area contributed by atoms with Crippen molar-refractivity contribution in [1.29, 1.82) is 0 Å². The van der Waals surface area contributed by atoms with Gasteiger partial charge in [0.15, 0.2) is 0 Å². The van der Waals surface area contributed by atoms with Crippen LogP contribution in [0.4, 0.5) is 5.69 Å². The quantitative estimate of drug-likeness (QED) is 0.622. The molecular weight excluding hydrogens is 300 g/mol. The van der Waals surface area contributed by atoms with E-state index in [1.165, 1.54) is 12.1 Å². The molecule has 0 saturated heterocycles. The smallest absolute Gasteiger partial charge is 0.327 e. The number of carbonyl (C=O) groups is 2. The Morgan fingerprint density at radius 2 is 1.76 bits per heavy atom. The summed E-state index contributed by atoms with van der Waals surface area (Å²) in [4.78, 5) is 24.6. The van der Waals surface area contributed by atoms with E-state index < -0.39 is 33.8 Å². The molecule has 8 nitrogen and oxygen atoms in total. The summed E-state index contributed by atoms with van der Waals surface area (Å²) < 4.78 is 30.1. The molecule has 0 aliphatic carbocycles. The first-order valence-electron chi connectivity index (χ1n) is 5.86. The second kappa shape index (κ2) is 6.55. The van der Waals surface area contributed by atoms with Gasteiger partial charge < -0.3 is 15.3 Å². The molecule has 21 heavy (non-hydrogen) atoms. The summed E-state index contributed by atoms with van der Waals surface area (Å²) >= 11 is 0. The second-order valence-corrected chi connectivity index (χ2v) is 6.05. The summed E-state index contributed by atoms with van der Waals surface area (Å²) in [5.74, 6) is -3.38. The summed E-state index contributed by atoms with van der Waals surface area (Å²) in [6, 6.07) is 4.57. The van der Waals surface area contributed by atoms with Crippen molar-refractivity contribution in [2.24, 2.45) is 0 Å². The highest BCUT2D eigenvalue weighted by Gasteiger charge is 2.26. The van der Waals surface area contributed by atoms with Crippen molar-refractivity contribution < 1.29 is 27.7 Å². The predicted molar refractivity (Wildman–Crippen MR) is 76.1 cm³/mol. The van der Waals surface area contributed by atoms with Gasteiger partial charge in [-0.15, -0.1) is 0 Å². The maximum Gasteiger partial charge on any atom is 0.327 e. The Labute approximate surface area is 122 Å². The number of hydrogen-bond donors (Lipinski definition) is 3. The fraction of sp³-hybridized carbons (Fsp3) is 0.333. The lowest BCUT2D eigenvalue weighted by Gasteiger charge is -2.15. The molecule has 1 unspecified atom stereocenters. The number of amides is 1. The summed E-state index contributed by atoms with van der Waals surface area (Å²) in [7, 11) is -0.874. The fourth-order valence-corrected chi connectivity index (χ4v) is 2.18. The van der Waals surface area contributed by atoms with E-state index in [-0.39, 0.29) is 5.56 Å². The zero-order valence-electron chi connectivity index (χ0n) is 11.5. The molecule has 0 fully saturated rings. The molecule has 0 radical (unpaired) electrons. The first-order chi connectivity index (χ1) is 9.60. The molecule has 1 aromatic rings. The van der Waals surface area contributed by atoms with E-state index in [9.17, 15) is 18.0 Å². The fourth-order valence-electron chi connectivity index (χ4n) is 1.54. The lowest BCUT2D eigenvalue weighted by molar-refractivity contribution is -0.138. The monoisotopic (exact) mass is 316 g/mol. The van der Waals surface area contributed by atoms with Gasteiger partial charge in [-0.25, -0.2) is 4.79 Å². The largest absolute Gasteiger partial charge is 0.480 e. The van der Waals surface area contributed by atoms with E-state index in [0.717, 1.165) is 5.69 Å². The van der Waals surface area contributed by atoms with Crippen molar-refractivity contribution in [2.75, 3.05) is 24.7 Å². The van der Waals surface area contributed by atoms with Crippen LogP contribution in [0.5, 0.6) is 0 Å². The topological polar surface area (TPSA) is 124 Å². The number of carbonyl (C=O) groups excluding carboxylic acids is 1. The van der Waals surface area contributed by atoms with Crippen molar-refractivity contribution in [3.63, 3.8) is 0 Å². The van der Waals surface area contributed by atoms with Crippen LogP contribution in [0.3, 0.4) is 0 Å². The van der Waals surface area contributed by atoms with Crippen LogP contribution in [-0.2, 0) is 14.9 Å². The van der Waals surface area contributed by atoms with E-state index >= 15 is 0 Å². The molecule has 0 aliphatic rings. The van der Waals surface area contributed by atoms with Gasteiger partial charge in [-0.05, 0) is 24.3 Å². The average molecular weight is 316 g/mol. The Balaban J connectivity index is 2.84. The van der Waals surface area contributed by atoms with Gasteiger partial charge in [-0.2, -0.15) is 8.42 Å². The average Bonchev–Trinajstić information content (AvgIpc) is 2.36. The van der Waals surface area contributed by atoms with E-state index in [0.29, 0.717) is 0 Å². The van der Waals surface area contributed by atoms with Crippen molar-refractivity contribution >= 4 is 27.7 Å². The lowest BCUT2D eigenvalue weighted by Crippen LogP contribution is -2.45. The molecule has 1 rings (SSSR count). The van der Waals surface area contributed by atoms with Crippen LogP contribution >= 0.6 is 0 Å². The van der Waals surface area contributed by atoms with Crippen LogP contribution in [0, 0.1) is 0 Å². The van der Waals surface area contributed by atoms with Crippen molar-refractivity contribution in [3.8, 4) is 0 Å². The highest BCUT2D eigenvalue weighted by Crippen LogP contribution is 2.12. The third kappa shape index (κ3) is 5.40. The van der Waals surface area contributed by atoms with Gasteiger partial charge in [0, 0.05) is 25.3 Å². The first-order valence-corrected chi connectivity index (χ1v) is 7.47. The molecule has 1 aromatic carbocycles. The van der Waals surface area contributed by atoms with E-state index in [2.05, 4.69) is 0 Å². The summed E-state index contributed by atoms with van der Waals surface area (Å²) in [6.45, 7) is 0. The van der Waals surface area contributed by atoms with Crippen molar-refractivity contribution in [2.45, 2.75) is 6.04 Å². The van der Waals surface area contributed by atoms with Crippen molar-refractivity contribution in [3.05, 3.63) is 29.8 Å². The van der Waals surface area contributed by atoms with Crippen LogP contribution in [0.15, 0.2) is 24.3 Å². The van der Waals surface area contributed by atoms with Gasteiger partial charge >= 0.3 is 5.97 Å². The highest BCUT2D eigenvalue weighted by molar-refractivity contribution is 7.85. The molecule has 0 saturated carbocycles. The van der Waals surface area contributed by atoms with Crippen LogP contribution in [0.1, 0.15) is 10.4 Å². The molecule has 116 valence electrons. The Bertz CT molecular complexity index is 624. The second-order valence-electron chi connectivity index (χ2n) is 4.55. The highest BCUT2D eigenvalue weighted by atomic mass is 32.2. The zero-order chi connectivity index (χ0) is 16.2. The summed E-state index contributed by atoms with van der Waals surface area (Å²) in [6.07, 6.45) is 0. The van der Waals surface area contributed by atoms with Gasteiger partial charge in [-0.3, -0.25) is 9.35 Å². The van der Waals surface area contributed by atoms with Crippen LogP contribution in [0.25, 0.3) is 0 Å². The molecule has 9 heteroatoms. The Hall–Kier alpha value is -2.13. The number of hydrogen-bond acceptors (Lipinski definition) is 5. The standard InChI is InChI=1S/C12H16N2O6S/c1-14(2)9-5-3-8(4-6-9)11(15)13-10(12(16)17)7-21(18,19)20/h3-6,10H,7H2,1-2H3,(H,13,15)(H,16,17)(H,18,19,20). The maximum absolute atomic E-state index is 11.9. The van der Waals surface area contributed by atoms with Gasteiger partial charge in [0.2, 0.25) is 0 Å². The van der Waals surface area contributed by atoms with Gasteiger partial charge in [0.05, 0.1) is 0 Å². The van der Waals surface area contributed by atoms with E-state index in [4.69, 9.17) is 9.66 Å². The van der Waals surface area contributed by atoms with Crippen LogP contribution in [0.2, 0.25) is 0 Å². The number of benzene rings is 1.